The van der Waals surface area contributed by atoms with Gasteiger partial charge in [0.2, 0.25) is 0 Å². The van der Waals surface area contributed by atoms with Crippen LogP contribution in [0.15, 0.2) is 24.3 Å². The molecule has 0 heterocycles. The number of aryl methyl sites for hydroxylation is 1. The van der Waals surface area contributed by atoms with Crippen LogP contribution in [0.4, 0.5) is 0 Å². The molecule has 1 N–H and O–H groups in total. The summed E-state index contributed by atoms with van der Waals surface area (Å²) in [6.45, 7) is 2.74. The van der Waals surface area contributed by atoms with Crippen LogP contribution in [-0.2, 0) is 6.42 Å². The number of hydrogen-bond donors (Lipinski definition) is 1. The van der Waals surface area contributed by atoms with E-state index in [2.05, 4.69) is 35.7 Å². The van der Waals surface area contributed by atoms with Crippen molar-refractivity contribution in [3.8, 4) is 6.07 Å². The summed E-state index contributed by atoms with van der Waals surface area (Å²) >= 11 is 0. The van der Waals surface area contributed by atoms with E-state index in [0.29, 0.717) is 6.04 Å². The van der Waals surface area contributed by atoms with Gasteiger partial charge in [-0.05, 0) is 30.9 Å². The zero-order chi connectivity index (χ0) is 10.7. The lowest BCUT2D eigenvalue weighted by Gasteiger charge is -2.14. The molecule has 0 bridgehead atoms. The highest BCUT2D eigenvalue weighted by Crippen LogP contribution is 2.30. The lowest BCUT2D eigenvalue weighted by Crippen LogP contribution is -2.24. The maximum atomic E-state index is 8.71. The maximum Gasteiger partial charge on any atom is 0.0666 e. The average Bonchev–Trinajstić information content (AvgIpc) is 2.69. The molecule has 1 aromatic rings. The molecule has 2 nitrogen and oxygen atoms in total. The molecule has 0 fully saturated rings. The minimum Gasteiger partial charge on any atom is -0.309 e. The second-order valence-corrected chi connectivity index (χ2v) is 4.23. The molecular formula is C13H16N2. The fourth-order valence-corrected chi connectivity index (χ4v) is 2.13. The van der Waals surface area contributed by atoms with E-state index >= 15 is 0 Å². The molecule has 0 saturated carbocycles. The van der Waals surface area contributed by atoms with Gasteiger partial charge in [-0.25, -0.2) is 0 Å². The number of nitriles is 1. The van der Waals surface area contributed by atoms with Crippen molar-refractivity contribution in [2.45, 2.75) is 25.8 Å². The minimum absolute atomic E-state index is 0.0952. The van der Waals surface area contributed by atoms with Gasteiger partial charge in [0.15, 0.2) is 0 Å². The summed E-state index contributed by atoms with van der Waals surface area (Å²) in [5, 5.41) is 12.2. The standard InChI is InChI=1S/C13H16N2/c1-10(8-14)9-15-13-7-6-11-4-2-3-5-12(11)13/h2-5,10,13,15H,6-7,9H2,1H3. The second kappa shape index (κ2) is 4.46. The largest absolute Gasteiger partial charge is 0.309 e. The summed E-state index contributed by atoms with van der Waals surface area (Å²) in [6, 6.07) is 11.3. The normalized spacial score (nSPS) is 20.7. The predicted octanol–water partition coefficient (Wildman–Crippen LogP) is 2.42. The molecule has 0 radical (unpaired) electrons. The number of fused-ring (bicyclic) bond motifs is 1. The van der Waals surface area contributed by atoms with Crippen LogP contribution in [0.1, 0.15) is 30.5 Å². The Kier molecular flexibility index (Phi) is 3.03. The van der Waals surface area contributed by atoms with Gasteiger partial charge in [0.05, 0.1) is 12.0 Å². The summed E-state index contributed by atoms with van der Waals surface area (Å²) in [5.41, 5.74) is 2.88. The van der Waals surface area contributed by atoms with Crippen molar-refractivity contribution in [1.29, 1.82) is 5.26 Å². The van der Waals surface area contributed by atoms with Gasteiger partial charge >= 0.3 is 0 Å². The van der Waals surface area contributed by atoms with Gasteiger partial charge < -0.3 is 5.32 Å². The number of rotatable bonds is 3. The summed E-state index contributed by atoms with van der Waals surface area (Å²) in [5.74, 6) is 0.0952. The predicted molar refractivity (Wildman–Crippen MR) is 60.3 cm³/mol. The van der Waals surface area contributed by atoms with Crippen LogP contribution < -0.4 is 5.32 Å². The Morgan fingerprint density at radius 1 is 1.53 bits per heavy atom. The molecule has 2 heteroatoms. The molecule has 1 aliphatic rings. The molecular weight excluding hydrogens is 184 g/mol. The Morgan fingerprint density at radius 2 is 2.33 bits per heavy atom. The van der Waals surface area contributed by atoms with Crippen LogP contribution >= 0.6 is 0 Å². The van der Waals surface area contributed by atoms with Crippen molar-refractivity contribution in [2.24, 2.45) is 5.92 Å². The van der Waals surface area contributed by atoms with E-state index in [-0.39, 0.29) is 5.92 Å². The summed E-state index contributed by atoms with van der Waals surface area (Å²) in [4.78, 5) is 0. The van der Waals surface area contributed by atoms with E-state index in [1.165, 1.54) is 11.1 Å². The first-order valence-corrected chi connectivity index (χ1v) is 5.52. The Balaban J connectivity index is 2.00. The van der Waals surface area contributed by atoms with Crippen molar-refractivity contribution in [2.75, 3.05) is 6.54 Å². The smallest absolute Gasteiger partial charge is 0.0666 e. The molecule has 78 valence electrons. The first kappa shape index (κ1) is 10.2. The molecule has 0 aromatic heterocycles. The second-order valence-electron chi connectivity index (χ2n) is 4.23. The number of nitrogens with one attached hydrogen (secondary N) is 1. The molecule has 15 heavy (non-hydrogen) atoms. The fraction of sp³-hybridized carbons (Fsp3) is 0.462. The third-order valence-electron chi connectivity index (χ3n) is 3.02. The van der Waals surface area contributed by atoms with E-state index in [1.807, 2.05) is 6.92 Å². The maximum absolute atomic E-state index is 8.71. The van der Waals surface area contributed by atoms with Crippen LogP contribution in [0.2, 0.25) is 0 Å². The number of nitrogens with zero attached hydrogens (tertiary/aromatic N) is 1. The summed E-state index contributed by atoms with van der Waals surface area (Å²) in [6.07, 6.45) is 2.33. The molecule has 2 atom stereocenters. The molecule has 1 aliphatic carbocycles. The van der Waals surface area contributed by atoms with E-state index in [4.69, 9.17) is 5.26 Å². The monoisotopic (exact) mass is 200 g/mol. The average molecular weight is 200 g/mol. The topological polar surface area (TPSA) is 35.8 Å². The van der Waals surface area contributed by atoms with Gasteiger partial charge in [-0.3, -0.25) is 0 Å². The van der Waals surface area contributed by atoms with Gasteiger partial charge in [-0.2, -0.15) is 5.26 Å². The molecule has 0 aliphatic heterocycles. The molecule has 2 rings (SSSR count). The highest BCUT2D eigenvalue weighted by atomic mass is 14.9. The zero-order valence-electron chi connectivity index (χ0n) is 9.03. The van der Waals surface area contributed by atoms with Crippen molar-refractivity contribution >= 4 is 0 Å². The van der Waals surface area contributed by atoms with Gasteiger partial charge in [0.25, 0.3) is 0 Å². The fourth-order valence-electron chi connectivity index (χ4n) is 2.13. The van der Waals surface area contributed by atoms with Crippen LogP contribution in [0.3, 0.4) is 0 Å². The van der Waals surface area contributed by atoms with Crippen molar-refractivity contribution in [3.05, 3.63) is 35.4 Å². The van der Waals surface area contributed by atoms with Gasteiger partial charge in [-0.1, -0.05) is 24.3 Å². The summed E-state index contributed by atoms with van der Waals surface area (Å²) in [7, 11) is 0. The van der Waals surface area contributed by atoms with Crippen molar-refractivity contribution < 1.29 is 0 Å². The Bertz CT molecular complexity index is 378. The highest BCUT2D eigenvalue weighted by Gasteiger charge is 2.21. The summed E-state index contributed by atoms with van der Waals surface area (Å²) < 4.78 is 0. The minimum atomic E-state index is 0.0952. The first-order chi connectivity index (χ1) is 7.31. The third kappa shape index (κ3) is 2.19. The van der Waals surface area contributed by atoms with Crippen molar-refractivity contribution in [1.82, 2.24) is 5.32 Å². The van der Waals surface area contributed by atoms with Crippen LogP contribution in [0.25, 0.3) is 0 Å². The molecule has 0 spiro atoms. The van der Waals surface area contributed by atoms with Gasteiger partial charge in [0, 0.05) is 12.6 Å². The van der Waals surface area contributed by atoms with Crippen molar-refractivity contribution in [3.63, 3.8) is 0 Å². The lowest BCUT2D eigenvalue weighted by molar-refractivity contribution is 0.497. The highest BCUT2D eigenvalue weighted by molar-refractivity contribution is 5.34. The molecule has 2 unspecified atom stereocenters. The van der Waals surface area contributed by atoms with Crippen LogP contribution in [0.5, 0.6) is 0 Å². The Morgan fingerprint density at radius 3 is 3.13 bits per heavy atom. The first-order valence-electron chi connectivity index (χ1n) is 5.52. The van der Waals surface area contributed by atoms with Gasteiger partial charge in [0.1, 0.15) is 0 Å². The number of hydrogen-bond acceptors (Lipinski definition) is 2. The van der Waals surface area contributed by atoms with Crippen LogP contribution in [-0.4, -0.2) is 6.54 Å². The van der Waals surface area contributed by atoms with E-state index in [0.717, 1.165) is 19.4 Å². The SMILES string of the molecule is CC(C#N)CNC1CCc2ccccc21. The quantitative estimate of drug-likeness (QED) is 0.813. The van der Waals surface area contributed by atoms with E-state index in [1.54, 1.807) is 0 Å². The third-order valence-corrected chi connectivity index (χ3v) is 3.02. The van der Waals surface area contributed by atoms with E-state index < -0.39 is 0 Å². The Labute approximate surface area is 90.9 Å². The lowest BCUT2D eigenvalue weighted by atomic mass is 10.1. The van der Waals surface area contributed by atoms with E-state index in [9.17, 15) is 0 Å². The molecule has 0 amide bonds. The van der Waals surface area contributed by atoms with Gasteiger partial charge in [-0.15, -0.1) is 0 Å². The molecule has 0 saturated heterocycles. The molecule has 1 aromatic carbocycles. The zero-order valence-corrected chi connectivity index (χ0v) is 9.03. The van der Waals surface area contributed by atoms with Crippen LogP contribution in [0, 0.1) is 17.2 Å². The Hall–Kier alpha value is -1.33. The number of benzene rings is 1.